The Hall–Kier alpha value is -3.17. The van der Waals surface area contributed by atoms with Gasteiger partial charge in [0, 0.05) is 11.1 Å². The van der Waals surface area contributed by atoms with Gasteiger partial charge in [-0.25, -0.2) is 0 Å². The molecule has 0 radical (unpaired) electrons. The maximum absolute atomic E-state index is 12.2. The Morgan fingerprint density at radius 1 is 1.00 bits per heavy atom. The van der Waals surface area contributed by atoms with Gasteiger partial charge in [0.1, 0.15) is 12.1 Å². The van der Waals surface area contributed by atoms with Crippen molar-refractivity contribution in [2.24, 2.45) is 10.3 Å². The number of hydrogen-bond donors (Lipinski definition) is 0. The van der Waals surface area contributed by atoms with Gasteiger partial charge in [-0.15, -0.1) is 0 Å². The van der Waals surface area contributed by atoms with Crippen LogP contribution in [-0.2, 0) is 28.8 Å². The van der Waals surface area contributed by atoms with Crippen LogP contribution in [0.5, 0.6) is 0 Å². The predicted octanol–water partition coefficient (Wildman–Crippen LogP) is 0.984. The first-order chi connectivity index (χ1) is 12.3. The minimum Gasteiger partial charge on any atom is -0.267 e. The predicted molar refractivity (Wildman–Crippen MR) is 82.7 cm³/mol. The molecule has 0 heterocycles. The van der Waals surface area contributed by atoms with Crippen LogP contribution in [0.1, 0.15) is 11.1 Å². The molecule has 0 atom stereocenters. The molecule has 27 heavy (non-hydrogen) atoms. The van der Waals surface area contributed by atoms with Gasteiger partial charge in [0.2, 0.25) is 0 Å². The van der Waals surface area contributed by atoms with Crippen LogP contribution in [-0.4, -0.2) is 40.0 Å². The van der Waals surface area contributed by atoms with E-state index >= 15 is 0 Å². The van der Waals surface area contributed by atoms with Crippen LogP contribution in [0.2, 0.25) is 0 Å². The maximum atomic E-state index is 12.2. The van der Waals surface area contributed by atoms with E-state index in [0.29, 0.717) is 6.26 Å². The normalized spacial score (nSPS) is 13.4. The highest BCUT2D eigenvalue weighted by Crippen LogP contribution is 2.25. The molecule has 0 aliphatic carbocycles. The highest BCUT2D eigenvalue weighted by atomic mass is 32.2. The zero-order chi connectivity index (χ0) is 20.9. The van der Waals surface area contributed by atoms with E-state index in [1.807, 2.05) is 0 Å². The van der Waals surface area contributed by atoms with E-state index < -0.39 is 37.2 Å². The van der Waals surface area contributed by atoms with E-state index in [4.69, 9.17) is 10.5 Å². The van der Waals surface area contributed by atoms with E-state index in [1.165, 1.54) is 24.3 Å². The average molecular weight is 424 g/mol. The van der Waals surface area contributed by atoms with Crippen molar-refractivity contribution in [2.75, 3.05) is 6.26 Å². The van der Waals surface area contributed by atoms with Crippen LogP contribution in [0.15, 0.2) is 34.6 Å². The number of nitrogens with zero attached hydrogens (tertiary/aromatic N) is 4. The molecular weight excluding hydrogens is 417 g/mol. The summed E-state index contributed by atoms with van der Waals surface area (Å²) in [6, 6.07) is 7.43. The zero-order valence-electron chi connectivity index (χ0n) is 13.0. The van der Waals surface area contributed by atoms with E-state index in [2.05, 4.69) is 18.9 Å². The molecule has 15 heteroatoms. The number of benzene rings is 1. The van der Waals surface area contributed by atoms with Crippen molar-refractivity contribution in [2.45, 2.75) is 5.51 Å². The second-order valence-electron chi connectivity index (χ2n) is 4.44. The third-order valence-electron chi connectivity index (χ3n) is 2.40. The van der Waals surface area contributed by atoms with Crippen molar-refractivity contribution in [1.82, 2.24) is 0 Å². The smallest absolute Gasteiger partial charge is 0.267 e. The van der Waals surface area contributed by atoms with Crippen molar-refractivity contribution in [3.05, 3.63) is 35.4 Å². The van der Waals surface area contributed by atoms with Crippen LogP contribution in [0.4, 0.5) is 13.2 Å². The Morgan fingerprint density at radius 3 is 1.81 bits per heavy atom. The van der Waals surface area contributed by atoms with Gasteiger partial charge in [-0.05, 0) is 6.07 Å². The number of rotatable bonds is 6. The van der Waals surface area contributed by atoms with E-state index in [0.717, 1.165) is 12.1 Å². The first-order valence-electron chi connectivity index (χ1n) is 6.26. The Kier molecular flexibility index (Phi) is 6.50. The lowest BCUT2D eigenvalue weighted by molar-refractivity contribution is -0.0540. The molecule has 1 aromatic rings. The first kappa shape index (κ1) is 21.9. The summed E-state index contributed by atoms with van der Waals surface area (Å²) in [5.41, 5.74) is -7.51. The van der Waals surface area contributed by atoms with Crippen LogP contribution >= 0.6 is 0 Å². The summed E-state index contributed by atoms with van der Waals surface area (Å²) in [5, 5.41) is 23.7. The summed E-state index contributed by atoms with van der Waals surface area (Å²) in [7, 11) is -10.1. The largest absolute Gasteiger partial charge is 0.536 e. The molecule has 0 fully saturated rings. The zero-order valence-corrected chi connectivity index (χ0v) is 14.6. The van der Waals surface area contributed by atoms with Crippen molar-refractivity contribution >= 4 is 31.7 Å². The Balaban J connectivity index is 3.29. The van der Waals surface area contributed by atoms with E-state index in [1.54, 1.807) is 0 Å². The highest BCUT2D eigenvalue weighted by molar-refractivity contribution is 7.87. The molecule has 1 rings (SSSR count). The molecule has 0 unspecified atom stereocenters. The van der Waals surface area contributed by atoms with Crippen LogP contribution in [0, 0.1) is 22.7 Å². The standard InChI is InChI=1S/C12H7F3N4O6S2/c1-26(20,21)24-18-10(6-16)8-3-2-4-9(5-8)11(7-17)19-25-27(22,23)12(13,14)15/h2-5H,1H3. The third kappa shape index (κ3) is 6.24. The van der Waals surface area contributed by atoms with Gasteiger partial charge in [-0.3, -0.25) is 8.57 Å². The van der Waals surface area contributed by atoms with Crippen LogP contribution < -0.4 is 0 Å². The van der Waals surface area contributed by atoms with Crippen molar-refractivity contribution in [3.63, 3.8) is 0 Å². The highest BCUT2D eigenvalue weighted by Gasteiger charge is 2.49. The third-order valence-corrected chi connectivity index (χ3v) is 3.58. The lowest BCUT2D eigenvalue weighted by Gasteiger charge is -2.05. The summed E-state index contributed by atoms with van der Waals surface area (Å²) in [4.78, 5) is 0. The van der Waals surface area contributed by atoms with Gasteiger partial charge in [0.15, 0.2) is 11.4 Å². The lowest BCUT2D eigenvalue weighted by atomic mass is 10.0. The Morgan fingerprint density at radius 2 is 1.44 bits per heavy atom. The van der Waals surface area contributed by atoms with Gasteiger partial charge in [-0.2, -0.15) is 40.5 Å². The fraction of sp³-hybridized carbons (Fsp3) is 0.167. The van der Waals surface area contributed by atoms with Crippen molar-refractivity contribution < 1.29 is 38.6 Å². The number of oxime groups is 2. The molecule has 10 nitrogen and oxygen atoms in total. The van der Waals surface area contributed by atoms with Gasteiger partial charge in [0.05, 0.1) is 6.26 Å². The summed E-state index contributed by atoms with van der Waals surface area (Å²) < 4.78 is 87.6. The number of nitriles is 2. The molecule has 1 aromatic carbocycles. The molecule has 0 spiro atoms. The Bertz CT molecular complexity index is 1080. The monoisotopic (exact) mass is 424 g/mol. The number of alkyl halides is 3. The number of halogens is 3. The van der Waals surface area contributed by atoms with E-state index in [-0.39, 0.29) is 11.1 Å². The fourth-order valence-corrected chi connectivity index (χ4v) is 1.79. The van der Waals surface area contributed by atoms with Gasteiger partial charge >= 0.3 is 25.7 Å². The molecule has 0 amide bonds. The van der Waals surface area contributed by atoms with Crippen LogP contribution in [0.3, 0.4) is 0 Å². The van der Waals surface area contributed by atoms with Crippen molar-refractivity contribution in [1.29, 1.82) is 10.5 Å². The van der Waals surface area contributed by atoms with Gasteiger partial charge in [0.25, 0.3) is 0 Å². The first-order valence-corrected chi connectivity index (χ1v) is 9.49. The van der Waals surface area contributed by atoms with Gasteiger partial charge < -0.3 is 0 Å². The minimum atomic E-state index is -6.07. The average Bonchev–Trinajstić information content (AvgIpc) is 2.54. The molecule has 144 valence electrons. The second-order valence-corrected chi connectivity index (χ2v) is 7.51. The summed E-state index contributed by atoms with van der Waals surface area (Å²) in [6.45, 7) is 0. The molecule has 0 saturated carbocycles. The molecule has 0 aliphatic heterocycles. The molecule has 0 aromatic heterocycles. The molecule has 0 aliphatic rings. The fourth-order valence-electron chi connectivity index (χ4n) is 1.32. The quantitative estimate of drug-likeness (QED) is 0.371. The summed E-state index contributed by atoms with van der Waals surface area (Å²) in [6.07, 6.45) is 0.667. The molecular formula is C12H7F3N4O6S2. The Labute approximate surface area is 150 Å². The van der Waals surface area contributed by atoms with Crippen LogP contribution in [0.25, 0.3) is 0 Å². The second kappa shape index (κ2) is 8.02. The topological polar surface area (TPSA) is 159 Å². The molecule has 0 saturated heterocycles. The molecule has 0 bridgehead atoms. The van der Waals surface area contributed by atoms with Gasteiger partial charge in [-0.1, -0.05) is 28.5 Å². The maximum Gasteiger partial charge on any atom is 0.536 e. The van der Waals surface area contributed by atoms with E-state index in [9.17, 15) is 30.0 Å². The minimum absolute atomic E-state index is 0.0970. The summed E-state index contributed by atoms with van der Waals surface area (Å²) >= 11 is 0. The molecule has 0 N–H and O–H groups in total. The summed E-state index contributed by atoms with van der Waals surface area (Å²) in [5.74, 6) is 0. The lowest BCUT2D eigenvalue weighted by Crippen LogP contribution is -2.24. The number of hydrogen-bond acceptors (Lipinski definition) is 10. The SMILES string of the molecule is CS(=O)(=O)ON=C(C#N)c1cccc(C(C#N)=NOS(=O)(=O)C(F)(F)F)c1. The van der Waals surface area contributed by atoms with Crippen molar-refractivity contribution in [3.8, 4) is 12.1 Å².